The molecule has 2 atom stereocenters. The molecular weight excluding hydrogens is 446 g/mol. The number of hydrogen-bond donors (Lipinski definition) is 1. The first-order valence-electron chi connectivity index (χ1n) is 10.2. The number of halogens is 1. The normalized spacial score (nSPS) is 23.9. The zero-order valence-electron chi connectivity index (χ0n) is 16.9. The molecule has 2 unspecified atom stereocenters. The molecule has 0 aromatic heterocycles. The van der Waals surface area contributed by atoms with Gasteiger partial charge in [-0.3, -0.25) is 9.59 Å². The van der Waals surface area contributed by atoms with Crippen LogP contribution >= 0.6 is 11.6 Å². The number of nitrogens with zero attached hydrogens (tertiary/aromatic N) is 1. The molecular formula is C21H22ClNO7S. The molecule has 1 aliphatic carbocycles. The maximum absolute atomic E-state index is 12.8. The van der Waals surface area contributed by atoms with Gasteiger partial charge in [0.15, 0.2) is 21.4 Å². The fourth-order valence-electron chi connectivity index (χ4n) is 4.14. The molecule has 1 saturated heterocycles. The van der Waals surface area contributed by atoms with Crippen LogP contribution in [-0.2, 0) is 29.0 Å². The minimum atomic E-state index is -3.71. The van der Waals surface area contributed by atoms with Crippen LogP contribution < -0.4 is 0 Å². The fourth-order valence-corrected chi connectivity index (χ4v) is 5.65. The van der Waals surface area contributed by atoms with E-state index in [0.29, 0.717) is 25.2 Å². The fraction of sp³-hybridized carbons (Fsp3) is 0.476. The van der Waals surface area contributed by atoms with Gasteiger partial charge < -0.3 is 14.7 Å². The van der Waals surface area contributed by atoms with Crippen LogP contribution in [0.1, 0.15) is 50.2 Å². The largest absolute Gasteiger partial charge is 0.506 e. The summed E-state index contributed by atoms with van der Waals surface area (Å²) in [6, 6.07) is 2.64. The first kappa shape index (κ1) is 22.0. The minimum Gasteiger partial charge on any atom is -0.506 e. The van der Waals surface area contributed by atoms with Crippen molar-refractivity contribution in [1.82, 2.24) is 0 Å². The number of carbonyl (C=O) groups is 2. The van der Waals surface area contributed by atoms with Gasteiger partial charge in [-0.05, 0) is 31.4 Å². The van der Waals surface area contributed by atoms with Gasteiger partial charge in [-0.15, -0.1) is 0 Å². The van der Waals surface area contributed by atoms with Crippen molar-refractivity contribution in [3.63, 3.8) is 0 Å². The Kier molecular flexibility index (Phi) is 5.93. The lowest BCUT2D eigenvalue weighted by molar-refractivity contribution is -0.162. The summed E-state index contributed by atoms with van der Waals surface area (Å²) >= 11 is 6.64. The number of oxime groups is 1. The second-order valence-corrected chi connectivity index (χ2v) is 10.3. The maximum Gasteiger partial charge on any atom is 0.235 e. The SMILES string of the molecule is CCS(=O)(=O)c1ccc(C(O)=C2C(=O)CCCC2=O)c(Cl)c1C1=NOC2OCCCC12. The van der Waals surface area contributed by atoms with Crippen LogP contribution in [0.5, 0.6) is 0 Å². The molecule has 8 nitrogen and oxygen atoms in total. The molecule has 2 fully saturated rings. The Hall–Kier alpha value is -2.23. The molecule has 0 amide bonds. The molecule has 1 saturated carbocycles. The zero-order chi connectivity index (χ0) is 22.3. The molecule has 2 aliphatic heterocycles. The number of benzene rings is 1. The van der Waals surface area contributed by atoms with Crippen LogP contribution in [0, 0.1) is 5.92 Å². The third-order valence-corrected chi connectivity index (χ3v) is 7.97. The van der Waals surface area contributed by atoms with Gasteiger partial charge in [0, 0.05) is 24.0 Å². The third-order valence-electron chi connectivity index (χ3n) is 5.81. The van der Waals surface area contributed by atoms with Crippen molar-refractivity contribution in [3.8, 4) is 0 Å². The van der Waals surface area contributed by atoms with E-state index in [1.807, 2.05) is 0 Å². The van der Waals surface area contributed by atoms with Gasteiger partial charge in [0.25, 0.3) is 0 Å². The first-order valence-corrected chi connectivity index (χ1v) is 12.2. The van der Waals surface area contributed by atoms with E-state index in [4.69, 9.17) is 21.2 Å². The average molecular weight is 468 g/mol. The van der Waals surface area contributed by atoms with Gasteiger partial charge in [0.2, 0.25) is 6.29 Å². The second kappa shape index (κ2) is 8.37. The van der Waals surface area contributed by atoms with Gasteiger partial charge in [-0.2, -0.15) is 0 Å². The number of Topliss-reactive ketones (excluding diaryl/α,β-unsaturated/α-hetero) is 2. The van der Waals surface area contributed by atoms with Crippen molar-refractivity contribution in [2.24, 2.45) is 11.1 Å². The summed E-state index contributed by atoms with van der Waals surface area (Å²) in [6.07, 6.45) is 1.51. The molecule has 31 heavy (non-hydrogen) atoms. The molecule has 10 heteroatoms. The van der Waals surface area contributed by atoms with E-state index in [9.17, 15) is 23.1 Å². The highest BCUT2D eigenvalue weighted by atomic mass is 35.5. The third kappa shape index (κ3) is 3.79. The number of rotatable bonds is 4. The predicted molar refractivity (Wildman–Crippen MR) is 113 cm³/mol. The number of sulfone groups is 1. The summed E-state index contributed by atoms with van der Waals surface area (Å²) in [6.45, 7) is 2.02. The van der Waals surface area contributed by atoms with Crippen molar-refractivity contribution in [1.29, 1.82) is 0 Å². The topological polar surface area (TPSA) is 119 Å². The van der Waals surface area contributed by atoms with Crippen LogP contribution in [0.4, 0.5) is 0 Å². The maximum atomic E-state index is 12.8. The van der Waals surface area contributed by atoms with Gasteiger partial charge in [-0.1, -0.05) is 23.7 Å². The number of aliphatic hydroxyl groups excluding tert-OH is 1. The molecule has 1 N–H and O–H groups in total. The highest BCUT2D eigenvalue weighted by Crippen LogP contribution is 2.40. The zero-order valence-corrected chi connectivity index (χ0v) is 18.5. The Morgan fingerprint density at radius 1 is 1.23 bits per heavy atom. The average Bonchev–Trinajstić information content (AvgIpc) is 3.17. The molecule has 4 rings (SSSR count). The van der Waals surface area contributed by atoms with Crippen LogP contribution in [0.25, 0.3) is 5.76 Å². The van der Waals surface area contributed by atoms with E-state index in [0.717, 1.165) is 6.42 Å². The molecule has 166 valence electrons. The van der Waals surface area contributed by atoms with Crippen molar-refractivity contribution < 1.29 is 32.7 Å². The Balaban J connectivity index is 1.92. The molecule has 1 aromatic rings. The summed E-state index contributed by atoms with van der Waals surface area (Å²) in [7, 11) is -3.71. The summed E-state index contributed by atoms with van der Waals surface area (Å²) in [5.74, 6) is -1.95. The molecule has 2 heterocycles. The smallest absolute Gasteiger partial charge is 0.235 e. The highest BCUT2D eigenvalue weighted by molar-refractivity contribution is 7.91. The highest BCUT2D eigenvalue weighted by Gasteiger charge is 2.41. The predicted octanol–water partition coefficient (Wildman–Crippen LogP) is 3.21. The van der Waals surface area contributed by atoms with E-state index >= 15 is 0 Å². The number of allylic oxidation sites excluding steroid dienone is 1. The quantitative estimate of drug-likeness (QED) is 0.410. The van der Waals surface area contributed by atoms with E-state index in [1.165, 1.54) is 19.1 Å². The standard InChI is InChI=1S/C21H22ClNO7S/c1-2-31(27,28)15-9-8-11(20(26)16-13(24)6-3-7-14(16)25)18(22)17(15)19-12-5-4-10-29-21(12)30-23-19/h8-9,12,21,26H,2-7,10H2,1H3. The summed E-state index contributed by atoms with van der Waals surface area (Å²) in [4.78, 5) is 29.9. The van der Waals surface area contributed by atoms with Crippen LogP contribution in [0.15, 0.2) is 27.8 Å². The molecule has 1 aromatic carbocycles. The van der Waals surface area contributed by atoms with Gasteiger partial charge in [-0.25, -0.2) is 8.42 Å². The van der Waals surface area contributed by atoms with Crippen molar-refractivity contribution in [3.05, 3.63) is 33.9 Å². The van der Waals surface area contributed by atoms with Crippen LogP contribution in [0.3, 0.4) is 0 Å². The lowest BCUT2D eigenvalue weighted by atomic mass is 9.87. The summed E-state index contributed by atoms with van der Waals surface area (Å²) < 4.78 is 31.2. The number of ether oxygens (including phenoxy) is 1. The van der Waals surface area contributed by atoms with Gasteiger partial charge in [0.05, 0.1) is 33.9 Å². The van der Waals surface area contributed by atoms with Crippen molar-refractivity contribution in [2.75, 3.05) is 12.4 Å². The Bertz CT molecular complexity index is 1100. The van der Waals surface area contributed by atoms with E-state index in [-0.39, 0.29) is 51.1 Å². The van der Waals surface area contributed by atoms with Crippen LogP contribution in [-0.4, -0.2) is 49.5 Å². The minimum absolute atomic E-state index is 0.00759. The van der Waals surface area contributed by atoms with Crippen molar-refractivity contribution in [2.45, 2.75) is 50.2 Å². The monoisotopic (exact) mass is 467 g/mol. The number of ketones is 2. The number of hydrogen-bond acceptors (Lipinski definition) is 8. The molecule has 0 bridgehead atoms. The van der Waals surface area contributed by atoms with E-state index < -0.39 is 33.5 Å². The molecule has 3 aliphatic rings. The lowest BCUT2D eigenvalue weighted by Crippen LogP contribution is -2.32. The van der Waals surface area contributed by atoms with Crippen molar-refractivity contribution >= 4 is 44.5 Å². The number of aliphatic hydroxyl groups is 1. The second-order valence-electron chi connectivity index (χ2n) is 7.70. The van der Waals surface area contributed by atoms with E-state index in [1.54, 1.807) is 0 Å². The Morgan fingerprint density at radius 2 is 1.94 bits per heavy atom. The van der Waals surface area contributed by atoms with Gasteiger partial charge >= 0.3 is 0 Å². The summed E-state index contributed by atoms with van der Waals surface area (Å²) in [5.41, 5.74) is 0.145. The van der Waals surface area contributed by atoms with Gasteiger partial charge in [0.1, 0.15) is 11.3 Å². The summed E-state index contributed by atoms with van der Waals surface area (Å²) in [5, 5.41) is 14.8. The number of carbonyl (C=O) groups excluding carboxylic acids is 2. The van der Waals surface area contributed by atoms with Crippen LogP contribution in [0.2, 0.25) is 5.02 Å². The lowest BCUT2D eigenvalue weighted by Gasteiger charge is -2.25. The molecule has 0 spiro atoms. The first-order chi connectivity index (χ1) is 14.8. The van der Waals surface area contributed by atoms with E-state index in [2.05, 4.69) is 5.16 Å². The Labute approximate surface area is 184 Å². The Morgan fingerprint density at radius 3 is 2.61 bits per heavy atom. The number of fused-ring (bicyclic) bond motifs is 1. The molecule has 0 radical (unpaired) electrons.